The van der Waals surface area contributed by atoms with Gasteiger partial charge in [-0.15, -0.1) is 0 Å². The molecule has 0 radical (unpaired) electrons. The van der Waals surface area contributed by atoms with Gasteiger partial charge in [-0.1, -0.05) is 12.1 Å². The fourth-order valence-electron chi connectivity index (χ4n) is 3.91. The number of likely N-dealkylation sites (N-methyl/N-ethyl adjacent to an activating group) is 1. The second-order valence-electron chi connectivity index (χ2n) is 7.65. The highest BCUT2D eigenvalue weighted by Gasteiger charge is 2.30. The second kappa shape index (κ2) is 8.65. The van der Waals surface area contributed by atoms with E-state index < -0.39 is 6.04 Å². The summed E-state index contributed by atoms with van der Waals surface area (Å²) in [5.74, 6) is 1.43. The van der Waals surface area contributed by atoms with E-state index in [4.69, 9.17) is 0 Å². The molecule has 1 amide bonds. The number of likely N-dealkylation sites (tertiary alicyclic amines) is 1. The van der Waals surface area contributed by atoms with E-state index >= 15 is 0 Å². The smallest absolute Gasteiger partial charge is 0.244 e. The van der Waals surface area contributed by atoms with Crippen LogP contribution in [0.25, 0.3) is 0 Å². The van der Waals surface area contributed by atoms with Gasteiger partial charge in [0.15, 0.2) is 0 Å². The standard InChI is InChI=1S/C21H29FN4O/c1-16-23-10-14-25(16)11-7-17-8-12-26(13-9-17)21(27)20(24(2)3)18-5-4-6-19(22)15-18/h4-6,10,14-15,17,20H,7-9,11-13H2,1-3H3. The van der Waals surface area contributed by atoms with Gasteiger partial charge in [0.25, 0.3) is 0 Å². The lowest BCUT2D eigenvalue weighted by molar-refractivity contribution is -0.137. The molecule has 1 aromatic carbocycles. The molecular weight excluding hydrogens is 343 g/mol. The van der Waals surface area contributed by atoms with E-state index in [-0.39, 0.29) is 11.7 Å². The van der Waals surface area contributed by atoms with E-state index in [1.807, 2.05) is 49.3 Å². The molecule has 1 unspecified atom stereocenters. The number of hydrogen-bond acceptors (Lipinski definition) is 3. The summed E-state index contributed by atoms with van der Waals surface area (Å²) >= 11 is 0. The van der Waals surface area contributed by atoms with Crippen LogP contribution >= 0.6 is 0 Å². The van der Waals surface area contributed by atoms with E-state index in [2.05, 4.69) is 9.55 Å². The third-order valence-electron chi connectivity index (χ3n) is 5.54. The molecule has 6 heteroatoms. The number of carbonyl (C=O) groups is 1. The first-order valence-electron chi connectivity index (χ1n) is 9.64. The zero-order valence-corrected chi connectivity index (χ0v) is 16.4. The van der Waals surface area contributed by atoms with E-state index in [0.717, 1.165) is 44.7 Å². The van der Waals surface area contributed by atoms with Gasteiger partial charge in [0.05, 0.1) is 0 Å². The molecule has 3 rings (SSSR count). The van der Waals surface area contributed by atoms with Gasteiger partial charge < -0.3 is 9.47 Å². The number of nitrogens with zero attached hydrogens (tertiary/aromatic N) is 4. The first kappa shape index (κ1) is 19.5. The summed E-state index contributed by atoms with van der Waals surface area (Å²) in [7, 11) is 3.74. The molecule has 1 aliphatic rings. The van der Waals surface area contributed by atoms with E-state index in [1.54, 1.807) is 6.07 Å². The first-order chi connectivity index (χ1) is 13.0. The summed E-state index contributed by atoms with van der Waals surface area (Å²) in [6.45, 7) is 4.54. The second-order valence-corrected chi connectivity index (χ2v) is 7.65. The van der Waals surface area contributed by atoms with Crippen molar-refractivity contribution in [2.75, 3.05) is 27.2 Å². The Hall–Kier alpha value is -2.21. The third-order valence-corrected chi connectivity index (χ3v) is 5.54. The van der Waals surface area contributed by atoms with Crippen LogP contribution in [0.15, 0.2) is 36.7 Å². The zero-order chi connectivity index (χ0) is 19.4. The largest absolute Gasteiger partial charge is 0.341 e. The third kappa shape index (κ3) is 4.75. The van der Waals surface area contributed by atoms with Gasteiger partial charge in [-0.2, -0.15) is 0 Å². The minimum absolute atomic E-state index is 0.0644. The van der Waals surface area contributed by atoms with Crippen LogP contribution in [0.4, 0.5) is 4.39 Å². The Morgan fingerprint density at radius 1 is 1.33 bits per heavy atom. The summed E-state index contributed by atoms with van der Waals surface area (Å²) < 4.78 is 15.8. The van der Waals surface area contributed by atoms with Crippen LogP contribution in [0.3, 0.4) is 0 Å². The highest BCUT2D eigenvalue weighted by atomic mass is 19.1. The summed E-state index contributed by atoms with van der Waals surface area (Å²) in [5.41, 5.74) is 0.711. The quantitative estimate of drug-likeness (QED) is 0.782. The van der Waals surface area contributed by atoms with Crippen molar-refractivity contribution in [1.82, 2.24) is 19.4 Å². The maximum absolute atomic E-state index is 13.6. The first-order valence-corrected chi connectivity index (χ1v) is 9.64. The molecule has 0 saturated carbocycles. The highest BCUT2D eigenvalue weighted by Crippen LogP contribution is 2.27. The molecule has 0 bridgehead atoms. The molecule has 0 N–H and O–H groups in total. The Balaban J connectivity index is 1.57. The minimum Gasteiger partial charge on any atom is -0.341 e. The molecule has 1 aromatic heterocycles. The summed E-state index contributed by atoms with van der Waals surface area (Å²) in [5, 5.41) is 0. The summed E-state index contributed by atoms with van der Waals surface area (Å²) in [4.78, 5) is 21.2. The number of aromatic nitrogens is 2. The molecular formula is C21H29FN4O. The number of hydrogen-bond donors (Lipinski definition) is 0. The van der Waals surface area contributed by atoms with Gasteiger partial charge in [-0.05, 0) is 63.9 Å². The normalized spacial score (nSPS) is 16.7. The molecule has 27 heavy (non-hydrogen) atoms. The van der Waals surface area contributed by atoms with E-state index in [1.165, 1.54) is 12.1 Å². The fraction of sp³-hybridized carbons (Fsp3) is 0.524. The van der Waals surface area contributed by atoms with Crippen molar-refractivity contribution < 1.29 is 9.18 Å². The molecule has 1 fully saturated rings. The SMILES string of the molecule is Cc1nccn1CCC1CCN(C(=O)C(c2cccc(F)c2)N(C)C)CC1. The molecule has 2 heterocycles. The zero-order valence-electron chi connectivity index (χ0n) is 16.4. The topological polar surface area (TPSA) is 41.4 Å². The summed E-state index contributed by atoms with van der Waals surface area (Å²) in [6, 6.07) is 5.92. The molecule has 0 aliphatic carbocycles. The fourth-order valence-corrected chi connectivity index (χ4v) is 3.91. The Morgan fingerprint density at radius 3 is 2.67 bits per heavy atom. The Kier molecular flexibility index (Phi) is 6.26. The highest BCUT2D eigenvalue weighted by molar-refractivity contribution is 5.83. The van der Waals surface area contributed by atoms with E-state index in [0.29, 0.717) is 11.5 Å². The lowest BCUT2D eigenvalue weighted by Gasteiger charge is -2.36. The number of carbonyl (C=O) groups excluding carboxylic acids is 1. The van der Waals surface area contributed by atoms with Crippen LogP contribution in [0, 0.1) is 18.7 Å². The Bertz CT molecular complexity index is 765. The van der Waals surface area contributed by atoms with Crippen LogP contribution in [0.5, 0.6) is 0 Å². The van der Waals surface area contributed by atoms with Gasteiger partial charge in [-0.25, -0.2) is 9.37 Å². The average Bonchev–Trinajstić information content (AvgIpc) is 3.05. The van der Waals surface area contributed by atoms with Gasteiger partial charge in [-0.3, -0.25) is 9.69 Å². The van der Waals surface area contributed by atoms with Crippen molar-refractivity contribution in [1.29, 1.82) is 0 Å². The van der Waals surface area contributed by atoms with Crippen LogP contribution in [-0.2, 0) is 11.3 Å². The van der Waals surface area contributed by atoms with Crippen molar-refractivity contribution in [2.45, 2.75) is 38.8 Å². The summed E-state index contributed by atoms with van der Waals surface area (Å²) in [6.07, 6.45) is 7.00. The van der Waals surface area contributed by atoms with Crippen LogP contribution < -0.4 is 0 Å². The number of imidazole rings is 1. The lowest BCUT2D eigenvalue weighted by Crippen LogP contribution is -2.44. The van der Waals surface area contributed by atoms with Gasteiger partial charge >= 0.3 is 0 Å². The maximum Gasteiger partial charge on any atom is 0.244 e. The van der Waals surface area contributed by atoms with Crippen molar-refractivity contribution in [3.05, 3.63) is 53.9 Å². The number of piperidine rings is 1. The number of rotatable bonds is 6. The van der Waals surface area contributed by atoms with Crippen molar-refractivity contribution in [2.24, 2.45) is 5.92 Å². The molecule has 0 spiro atoms. The molecule has 1 aliphatic heterocycles. The predicted molar refractivity (Wildman–Crippen MR) is 104 cm³/mol. The molecule has 1 atom stereocenters. The molecule has 5 nitrogen and oxygen atoms in total. The monoisotopic (exact) mass is 372 g/mol. The Morgan fingerprint density at radius 2 is 2.07 bits per heavy atom. The lowest BCUT2D eigenvalue weighted by atomic mass is 9.92. The minimum atomic E-state index is -0.439. The maximum atomic E-state index is 13.6. The Labute approximate surface area is 160 Å². The molecule has 2 aromatic rings. The van der Waals surface area contributed by atoms with Crippen molar-refractivity contribution in [3.8, 4) is 0 Å². The van der Waals surface area contributed by atoms with Crippen LogP contribution in [0.2, 0.25) is 0 Å². The van der Waals surface area contributed by atoms with Crippen molar-refractivity contribution >= 4 is 5.91 Å². The van der Waals surface area contributed by atoms with E-state index in [9.17, 15) is 9.18 Å². The van der Waals surface area contributed by atoms with Gasteiger partial charge in [0.1, 0.15) is 17.7 Å². The van der Waals surface area contributed by atoms with Crippen LogP contribution in [0.1, 0.15) is 36.7 Å². The molecule has 146 valence electrons. The van der Waals surface area contributed by atoms with Gasteiger partial charge in [0.2, 0.25) is 5.91 Å². The number of amides is 1. The predicted octanol–water partition coefficient (Wildman–Crippen LogP) is 3.26. The number of aryl methyl sites for hydroxylation is 2. The van der Waals surface area contributed by atoms with Crippen molar-refractivity contribution in [3.63, 3.8) is 0 Å². The number of benzene rings is 1. The average molecular weight is 372 g/mol. The molecule has 1 saturated heterocycles. The van der Waals surface area contributed by atoms with Gasteiger partial charge in [0, 0.05) is 32.0 Å². The van der Waals surface area contributed by atoms with Crippen LogP contribution in [-0.4, -0.2) is 52.4 Å². The number of halogens is 1.